The number of benzene rings is 1. The number of nitrogens with one attached hydrogen (secondary N) is 1. The molecule has 1 atom stereocenters. The van der Waals surface area contributed by atoms with Crippen molar-refractivity contribution in [3.63, 3.8) is 0 Å². The summed E-state index contributed by atoms with van der Waals surface area (Å²) in [5.74, 6) is 0.660. The number of para-hydroxylation sites is 2. The Kier molecular flexibility index (Phi) is 1.12. The van der Waals surface area contributed by atoms with Crippen molar-refractivity contribution in [3.05, 3.63) is 36.2 Å². The zero-order valence-corrected chi connectivity index (χ0v) is 5.20. The summed E-state index contributed by atoms with van der Waals surface area (Å²) in [6.45, 7) is 1.23. The summed E-state index contributed by atoms with van der Waals surface area (Å²) in [5.41, 5.74) is 0.655. The van der Waals surface area contributed by atoms with E-state index in [9.17, 15) is 5.21 Å². The first-order chi connectivity index (χ1) is 4.88. The molecule has 51 valence electrons. The monoisotopic (exact) mass is 136 g/mol. The molecule has 0 aliphatic carbocycles. The van der Waals surface area contributed by atoms with Crippen LogP contribution >= 0.6 is 0 Å². The number of hydroxylamine groups is 1. The SMILES string of the molecule is [O-][NH+]1[CH]Oc2ccccc21. The van der Waals surface area contributed by atoms with Gasteiger partial charge in [-0.1, -0.05) is 12.1 Å². The fraction of sp³-hybridized carbons (Fsp3) is 0. The molecule has 0 saturated carbocycles. The van der Waals surface area contributed by atoms with E-state index in [0.29, 0.717) is 11.4 Å². The molecule has 0 spiro atoms. The van der Waals surface area contributed by atoms with Crippen molar-refractivity contribution < 1.29 is 9.80 Å². The van der Waals surface area contributed by atoms with Gasteiger partial charge < -0.3 is 9.94 Å². The smallest absolute Gasteiger partial charge is 0.329 e. The van der Waals surface area contributed by atoms with Crippen molar-refractivity contribution >= 4 is 5.69 Å². The summed E-state index contributed by atoms with van der Waals surface area (Å²) in [7, 11) is 0. The van der Waals surface area contributed by atoms with Gasteiger partial charge in [0.1, 0.15) is 0 Å². The number of fused-ring (bicyclic) bond motifs is 1. The Labute approximate surface area is 58.4 Å². The third kappa shape index (κ3) is 0.683. The van der Waals surface area contributed by atoms with E-state index in [4.69, 9.17) is 4.74 Å². The molecule has 1 radical (unpaired) electrons. The van der Waals surface area contributed by atoms with E-state index in [1.54, 1.807) is 12.1 Å². The van der Waals surface area contributed by atoms with E-state index in [1.807, 2.05) is 12.1 Å². The number of hydrogen-bond acceptors (Lipinski definition) is 2. The van der Waals surface area contributed by atoms with Crippen molar-refractivity contribution in [2.45, 2.75) is 0 Å². The first-order valence-corrected chi connectivity index (χ1v) is 3.01. The van der Waals surface area contributed by atoms with Crippen LogP contribution in [0.5, 0.6) is 5.75 Å². The van der Waals surface area contributed by atoms with Crippen LogP contribution in [0.25, 0.3) is 0 Å². The summed E-state index contributed by atoms with van der Waals surface area (Å²) in [5, 5.41) is 10.8. The molecule has 1 aromatic rings. The zero-order chi connectivity index (χ0) is 6.97. The molecule has 1 N–H and O–H groups in total. The van der Waals surface area contributed by atoms with Crippen LogP contribution in [0.2, 0.25) is 0 Å². The van der Waals surface area contributed by atoms with Crippen LogP contribution in [0.3, 0.4) is 0 Å². The number of quaternary nitrogens is 1. The quantitative estimate of drug-likeness (QED) is 0.518. The summed E-state index contributed by atoms with van der Waals surface area (Å²) >= 11 is 0. The number of rotatable bonds is 0. The van der Waals surface area contributed by atoms with Crippen LogP contribution in [0.4, 0.5) is 5.69 Å². The first kappa shape index (κ1) is 5.70. The first-order valence-electron chi connectivity index (χ1n) is 3.01. The molecule has 0 bridgehead atoms. The van der Waals surface area contributed by atoms with Crippen molar-refractivity contribution in [1.82, 2.24) is 0 Å². The Morgan fingerprint density at radius 2 is 2.10 bits per heavy atom. The predicted octanol–water partition coefficient (Wildman–Crippen LogP) is 0.212. The molecule has 3 nitrogen and oxygen atoms in total. The molecule has 1 aromatic carbocycles. The fourth-order valence-electron chi connectivity index (χ4n) is 0.953. The molecule has 1 unspecified atom stereocenters. The molecule has 10 heavy (non-hydrogen) atoms. The van der Waals surface area contributed by atoms with Crippen molar-refractivity contribution in [2.24, 2.45) is 0 Å². The van der Waals surface area contributed by atoms with Crippen molar-refractivity contribution in [3.8, 4) is 5.75 Å². The van der Waals surface area contributed by atoms with E-state index in [2.05, 4.69) is 0 Å². The Balaban J connectivity index is 2.51. The predicted molar refractivity (Wildman–Crippen MR) is 35.4 cm³/mol. The van der Waals surface area contributed by atoms with Crippen LogP contribution in [-0.4, -0.2) is 0 Å². The Morgan fingerprint density at radius 1 is 1.30 bits per heavy atom. The van der Waals surface area contributed by atoms with Gasteiger partial charge in [-0.3, -0.25) is 5.06 Å². The van der Waals surface area contributed by atoms with Gasteiger partial charge in [-0.25, -0.2) is 0 Å². The van der Waals surface area contributed by atoms with Crippen LogP contribution < -0.4 is 9.80 Å². The maximum atomic E-state index is 10.9. The van der Waals surface area contributed by atoms with Crippen LogP contribution in [-0.2, 0) is 0 Å². The minimum Gasteiger partial charge on any atom is -0.626 e. The fourth-order valence-corrected chi connectivity index (χ4v) is 0.953. The summed E-state index contributed by atoms with van der Waals surface area (Å²) in [4.78, 5) is 0. The molecule has 2 rings (SSSR count). The van der Waals surface area contributed by atoms with E-state index < -0.39 is 0 Å². The minimum absolute atomic E-state index is 0.0457. The normalized spacial score (nSPS) is 21.9. The van der Waals surface area contributed by atoms with Gasteiger partial charge in [0.2, 0.25) is 0 Å². The van der Waals surface area contributed by atoms with Gasteiger partial charge in [0.25, 0.3) is 0 Å². The van der Waals surface area contributed by atoms with Gasteiger partial charge in [-0.05, 0) is 6.07 Å². The van der Waals surface area contributed by atoms with Gasteiger partial charge in [-0.2, -0.15) is 0 Å². The molecule has 0 saturated heterocycles. The molecule has 1 heterocycles. The molecular weight excluding hydrogens is 130 g/mol. The highest BCUT2D eigenvalue weighted by molar-refractivity contribution is 5.47. The van der Waals surface area contributed by atoms with Crippen LogP contribution in [0.1, 0.15) is 0 Å². The Hall–Kier alpha value is -1.06. The maximum absolute atomic E-state index is 10.9. The lowest BCUT2D eigenvalue weighted by molar-refractivity contribution is -0.746. The minimum atomic E-state index is -0.0457. The lowest BCUT2D eigenvalue weighted by atomic mass is 10.3. The van der Waals surface area contributed by atoms with E-state index in [1.165, 1.54) is 6.73 Å². The topological polar surface area (TPSA) is 36.7 Å². The second-order valence-corrected chi connectivity index (χ2v) is 2.10. The van der Waals surface area contributed by atoms with Gasteiger partial charge >= 0.3 is 6.73 Å². The molecule has 0 amide bonds. The average molecular weight is 136 g/mol. The molecule has 1 aliphatic heterocycles. The molecule has 0 fully saturated rings. The van der Waals surface area contributed by atoms with Gasteiger partial charge in [-0.15, -0.1) is 0 Å². The summed E-state index contributed by atoms with van der Waals surface area (Å²) < 4.78 is 4.94. The third-order valence-electron chi connectivity index (χ3n) is 1.45. The highest BCUT2D eigenvalue weighted by atomic mass is 16.6. The van der Waals surface area contributed by atoms with Crippen LogP contribution in [0.15, 0.2) is 24.3 Å². The van der Waals surface area contributed by atoms with E-state index in [0.717, 1.165) is 0 Å². The van der Waals surface area contributed by atoms with Crippen molar-refractivity contribution in [1.29, 1.82) is 0 Å². The lowest BCUT2D eigenvalue weighted by Crippen LogP contribution is -2.97. The second-order valence-electron chi connectivity index (χ2n) is 2.10. The zero-order valence-electron chi connectivity index (χ0n) is 5.20. The molecular formula is C7H6NO2. The average Bonchev–Trinajstić information content (AvgIpc) is 2.34. The van der Waals surface area contributed by atoms with Gasteiger partial charge in [0.15, 0.2) is 11.4 Å². The highest BCUT2D eigenvalue weighted by Gasteiger charge is 2.19. The molecule has 0 aromatic heterocycles. The Bertz CT molecular complexity index is 249. The lowest BCUT2D eigenvalue weighted by Gasteiger charge is -2.09. The van der Waals surface area contributed by atoms with Gasteiger partial charge in [0.05, 0.1) is 0 Å². The van der Waals surface area contributed by atoms with Crippen LogP contribution in [0, 0.1) is 11.9 Å². The second kappa shape index (κ2) is 1.97. The number of hydrogen-bond donors (Lipinski definition) is 1. The Morgan fingerprint density at radius 3 is 2.90 bits per heavy atom. The standard InChI is InChI=1S/C7H6NO2/c9-8-5-10-7-4-2-1-3-6(7)8/h1-5,8H. The van der Waals surface area contributed by atoms with E-state index in [-0.39, 0.29) is 5.06 Å². The third-order valence-corrected chi connectivity index (χ3v) is 1.45. The number of ether oxygens (including phenoxy) is 1. The highest BCUT2D eigenvalue weighted by Crippen LogP contribution is 2.23. The van der Waals surface area contributed by atoms with E-state index >= 15 is 0 Å². The summed E-state index contributed by atoms with van der Waals surface area (Å²) in [6, 6.07) is 7.18. The largest absolute Gasteiger partial charge is 0.626 e. The molecule has 3 heteroatoms. The summed E-state index contributed by atoms with van der Waals surface area (Å²) in [6.07, 6.45) is 0. The maximum Gasteiger partial charge on any atom is 0.329 e. The molecule has 1 aliphatic rings. The van der Waals surface area contributed by atoms with Gasteiger partial charge in [0, 0.05) is 6.07 Å². The van der Waals surface area contributed by atoms with Crippen molar-refractivity contribution in [2.75, 3.05) is 0 Å².